The van der Waals surface area contributed by atoms with Gasteiger partial charge in [0.15, 0.2) is 0 Å². The number of fused-ring (bicyclic) bond motifs is 1. The predicted molar refractivity (Wildman–Crippen MR) is 178 cm³/mol. The Balaban J connectivity index is 0.00000104. The third kappa shape index (κ3) is 8.85. The molecule has 4 amide bonds. The van der Waals surface area contributed by atoms with Gasteiger partial charge in [0.05, 0.1) is 20.2 Å². The summed E-state index contributed by atoms with van der Waals surface area (Å²) < 4.78 is 5.22. The molecule has 9 heteroatoms. The van der Waals surface area contributed by atoms with E-state index in [0.29, 0.717) is 19.5 Å². The number of methoxy groups -OCH3 is 1. The van der Waals surface area contributed by atoms with Crippen LogP contribution in [0, 0.1) is 6.92 Å². The van der Waals surface area contributed by atoms with Crippen LogP contribution >= 0.6 is 0 Å². The summed E-state index contributed by atoms with van der Waals surface area (Å²) in [4.78, 5) is 44.3. The van der Waals surface area contributed by atoms with Crippen LogP contribution in [0.5, 0.6) is 5.75 Å². The lowest BCUT2D eigenvalue weighted by Gasteiger charge is -2.54. The van der Waals surface area contributed by atoms with Crippen molar-refractivity contribution in [2.24, 2.45) is 0 Å². The van der Waals surface area contributed by atoms with E-state index in [9.17, 15) is 14.4 Å². The first-order valence-corrected chi connectivity index (χ1v) is 15.9. The molecule has 2 heterocycles. The molecular formula is C36H49N5O4. The van der Waals surface area contributed by atoms with Crippen LogP contribution in [0.25, 0.3) is 0 Å². The Bertz CT molecular complexity index is 1360. The number of likely N-dealkylation sites (N-methyl/N-ethyl adjacent to an activating group) is 1. The summed E-state index contributed by atoms with van der Waals surface area (Å²) >= 11 is 0. The molecule has 3 aromatic rings. The first-order valence-electron chi connectivity index (χ1n) is 15.9. The van der Waals surface area contributed by atoms with Crippen LogP contribution in [0.2, 0.25) is 0 Å². The molecule has 2 aliphatic heterocycles. The van der Waals surface area contributed by atoms with Crippen molar-refractivity contribution in [1.82, 2.24) is 25.1 Å². The number of ether oxygens (including phenoxy) is 1. The second-order valence-corrected chi connectivity index (χ2v) is 11.0. The lowest BCUT2D eigenvalue weighted by atomic mass is 9.98. The molecule has 0 radical (unpaired) electrons. The minimum absolute atomic E-state index is 0.00750. The molecule has 0 saturated carbocycles. The molecule has 242 valence electrons. The second-order valence-electron chi connectivity index (χ2n) is 11.0. The van der Waals surface area contributed by atoms with E-state index in [1.165, 1.54) is 12.0 Å². The summed E-state index contributed by atoms with van der Waals surface area (Å²) in [6.45, 7) is 11.3. The van der Waals surface area contributed by atoms with Gasteiger partial charge in [-0.2, -0.15) is 0 Å². The van der Waals surface area contributed by atoms with Gasteiger partial charge in [-0.15, -0.1) is 0 Å². The van der Waals surface area contributed by atoms with E-state index in [2.05, 4.69) is 43.4 Å². The number of carbonyl (C=O) groups is 3. The van der Waals surface area contributed by atoms with Crippen LogP contribution in [0.4, 0.5) is 4.79 Å². The highest BCUT2D eigenvalue weighted by molar-refractivity contribution is 5.92. The molecule has 1 unspecified atom stereocenters. The second kappa shape index (κ2) is 17.2. The number of nitrogens with one attached hydrogen (secondary N) is 1. The van der Waals surface area contributed by atoms with Crippen LogP contribution in [0.15, 0.2) is 78.9 Å². The summed E-state index contributed by atoms with van der Waals surface area (Å²) in [7, 11) is 3.34. The molecule has 1 N–H and O–H groups in total. The average Bonchev–Trinajstić information content (AvgIpc) is 3.06. The summed E-state index contributed by atoms with van der Waals surface area (Å²) in [6, 6.07) is 23.9. The van der Waals surface area contributed by atoms with Gasteiger partial charge in [0.2, 0.25) is 11.8 Å². The number of aryl methyl sites for hydroxylation is 1. The summed E-state index contributed by atoms with van der Waals surface area (Å²) in [5.41, 5.74) is 3.96. The van der Waals surface area contributed by atoms with E-state index in [1.807, 2.05) is 75.4 Å². The van der Waals surface area contributed by atoms with Gasteiger partial charge in [-0.25, -0.2) is 14.8 Å². The number of amides is 4. The number of hydrazine groups is 1. The number of benzene rings is 3. The molecule has 2 saturated heterocycles. The molecule has 2 fully saturated rings. The Morgan fingerprint density at radius 1 is 0.911 bits per heavy atom. The molecular weight excluding hydrogens is 566 g/mol. The number of hydrogen-bond donors (Lipinski definition) is 1. The van der Waals surface area contributed by atoms with E-state index >= 15 is 0 Å². The van der Waals surface area contributed by atoms with Crippen LogP contribution in [0.1, 0.15) is 62.4 Å². The SMILES string of the molecule is CC.CCC.COc1ccc(CNC(=O)N2C3CN(CCc4ccc(C)cc4)C(=O)[C@H](c4ccccc4)N3C(=O)CN2C)cc1. The van der Waals surface area contributed by atoms with Gasteiger partial charge in [-0.05, 0) is 42.2 Å². The molecule has 45 heavy (non-hydrogen) atoms. The number of rotatable bonds is 7. The quantitative estimate of drug-likeness (QED) is 0.363. The number of urea groups is 1. The van der Waals surface area contributed by atoms with Crippen LogP contribution in [0.3, 0.4) is 0 Å². The zero-order valence-electron chi connectivity index (χ0n) is 27.8. The van der Waals surface area contributed by atoms with Gasteiger partial charge in [-0.3, -0.25) is 9.59 Å². The van der Waals surface area contributed by atoms with Crippen LogP contribution < -0.4 is 10.1 Å². The van der Waals surface area contributed by atoms with E-state index in [1.54, 1.807) is 34.0 Å². The van der Waals surface area contributed by atoms with Crippen molar-refractivity contribution in [3.8, 4) is 5.75 Å². The van der Waals surface area contributed by atoms with Crippen molar-refractivity contribution in [3.05, 3.63) is 101 Å². The Labute approximate surface area is 268 Å². The number of nitrogens with zero attached hydrogens (tertiary/aromatic N) is 4. The lowest BCUT2D eigenvalue weighted by Crippen LogP contribution is -2.73. The Hall–Kier alpha value is -4.37. The van der Waals surface area contributed by atoms with Crippen molar-refractivity contribution in [1.29, 1.82) is 0 Å². The fraction of sp³-hybridized carbons (Fsp3) is 0.417. The number of hydrogen-bond acceptors (Lipinski definition) is 5. The normalized spacial score (nSPS) is 17.8. The van der Waals surface area contributed by atoms with Crippen molar-refractivity contribution in [3.63, 3.8) is 0 Å². The Morgan fingerprint density at radius 3 is 2.11 bits per heavy atom. The minimum atomic E-state index is -0.809. The number of carbonyl (C=O) groups excluding carboxylic acids is 3. The van der Waals surface area contributed by atoms with E-state index in [-0.39, 0.29) is 30.9 Å². The zero-order chi connectivity index (χ0) is 32.9. The zero-order valence-corrected chi connectivity index (χ0v) is 27.8. The smallest absolute Gasteiger partial charge is 0.334 e. The van der Waals surface area contributed by atoms with Crippen molar-refractivity contribution < 1.29 is 19.1 Å². The highest BCUT2D eigenvalue weighted by Gasteiger charge is 2.51. The summed E-state index contributed by atoms with van der Waals surface area (Å²) in [6.07, 6.45) is 1.27. The summed E-state index contributed by atoms with van der Waals surface area (Å²) in [5, 5.41) is 6.21. The predicted octanol–water partition coefficient (Wildman–Crippen LogP) is 5.80. The monoisotopic (exact) mass is 615 g/mol. The van der Waals surface area contributed by atoms with Crippen LogP contribution in [-0.4, -0.2) is 77.6 Å². The third-order valence-electron chi connectivity index (χ3n) is 7.55. The molecule has 5 rings (SSSR count). The minimum Gasteiger partial charge on any atom is -0.497 e. The van der Waals surface area contributed by atoms with Gasteiger partial charge >= 0.3 is 6.03 Å². The maximum absolute atomic E-state index is 13.9. The molecule has 9 nitrogen and oxygen atoms in total. The average molecular weight is 616 g/mol. The van der Waals surface area contributed by atoms with Crippen molar-refractivity contribution >= 4 is 17.8 Å². The molecule has 0 spiro atoms. The van der Waals surface area contributed by atoms with Crippen LogP contribution in [-0.2, 0) is 22.6 Å². The highest BCUT2D eigenvalue weighted by Crippen LogP contribution is 2.34. The third-order valence-corrected chi connectivity index (χ3v) is 7.55. The summed E-state index contributed by atoms with van der Waals surface area (Å²) in [5.74, 6) is 0.419. The van der Waals surface area contributed by atoms with Gasteiger partial charge < -0.3 is 19.9 Å². The molecule has 3 aromatic carbocycles. The first kappa shape index (κ1) is 35.1. The van der Waals surface area contributed by atoms with Crippen molar-refractivity contribution in [2.45, 2.75) is 66.2 Å². The molecule has 2 atom stereocenters. The van der Waals surface area contributed by atoms with E-state index < -0.39 is 12.2 Å². The standard InChI is InChI=1S/C31H35N5O4.C3H8.C2H6/c1-22-9-11-23(12-10-22)17-18-34-20-27-35(29(30(34)38)25-7-5-4-6-8-25)28(37)21-33(2)36(27)31(39)32-19-24-13-15-26(40-3)16-14-24;1-3-2;1-2/h4-16,27,29H,17-21H2,1-3H3,(H,32,39);3H2,1-2H3;1-2H3/t27?,29-;;/m0../s1. The molecule has 0 bridgehead atoms. The Morgan fingerprint density at radius 2 is 1.51 bits per heavy atom. The fourth-order valence-corrected chi connectivity index (χ4v) is 5.38. The Kier molecular flexibility index (Phi) is 13.4. The largest absolute Gasteiger partial charge is 0.497 e. The van der Waals surface area contributed by atoms with Gasteiger partial charge in [0.25, 0.3) is 0 Å². The molecule has 0 aromatic heterocycles. The van der Waals surface area contributed by atoms with E-state index in [0.717, 1.165) is 22.4 Å². The molecule has 2 aliphatic rings. The maximum atomic E-state index is 13.9. The first-order chi connectivity index (χ1) is 21.8. The van der Waals surface area contributed by atoms with E-state index in [4.69, 9.17) is 4.74 Å². The van der Waals surface area contributed by atoms with Gasteiger partial charge in [0.1, 0.15) is 18.0 Å². The van der Waals surface area contributed by atoms with Gasteiger partial charge in [-0.1, -0.05) is 106 Å². The molecule has 0 aliphatic carbocycles. The fourth-order valence-electron chi connectivity index (χ4n) is 5.38. The van der Waals surface area contributed by atoms with Gasteiger partial charge in [0, 0.05) is 20.1 Å². The maximum Gasteiger partial charge on any atom is 0.334 e. The topological polar surface area (TPSA) is 85.4 Å². The lowest BCUT2D eigenvalue weighted by molar-refractivity contribution is -0.187. The number of piperazine rings is 1. The highest BCUT2D eigenvalue weighted by atomic mass is 16.5. The van der Waals surface area contributed by atoms with Crippen molar-refractivity contribution in [2.75, 3.05) is 33.8 Å².